The van der Waals surface area contributed by atoms with E-state index in [9.17, 15) is 17.4 Å². The molecular formula is C13H22FNO3S. The molecule has 110 valence electrons. The Morgan fingerprint density at radius 1 is 1.21 bits per heavy atom. The van der Waals surface area contributed by atoms with Gasteiger partial charge < -0.3 is 4.55 Å². The van der Waals surface area contributed by atoms with Crippen molar-refractivity contribution in [1.82, 2.24) is 4.48 Å². The normalized spacial score (nSPS) is 13.4. The van der Waals surface area contributed by atoms with Crippen LogP contribution in [0.25, 0.3) is 0 Å². The maximum absolute atomic E-state index is 12.0. The van der Waals surface area contributed by atoms with Crippen LogP contribution in [0.15, 0.2) is 30.3 Å². The van der Waals surface area contributed by atoms with E-state index in [0.717, 1.165) is 4.48 Å². The second-order valence-electron chi connectivity index (χ2n) is 5.04. The predicted octanol–water partition coefficient (Wildman–Crippen LogP) is 2.51. The van der Waals surface area contributed by atoms with Crippen molar-refractivity contribution < 1.29 is 17.4 Å². The number of hydrogen-bond donors (Lipinski definition) is 0. The standard InChI is InChI=1S/C9H14N.C4H9FO3S/c1-10(2,3)9-7-5-4-6-8-9;1-2-3-4(5)9(6,7)8/h4-8H,1-3H3;4H,2-3H2,1H3,(H,6,7,8)/q+1;/p-1. The molecule has 0 spiro atoms. The Kier molecular flexibility index (Phi) is 7.18. The molecule has 0 bridgehead atoms. The molecule has 1 rings (SSSR count). The Morgan fingerprint density at radius 2 is 1.68 bits per heavy atom. The van der Waals surface area contributed by atoms with Gasteiger partial charge >= 0.3 is 0 Å². The highest BCUT2D eigenvalue weighted by atomic mass is 32.2. The average Bonchev–Trinajstić information content (AvgIpc) is 2.29. The zero-order valence-electron chi connectivity index (χ0n) is 11.8. The van der Waals surface area contributed by atoms with Crippen LogP contribution in [0.4, 0.5) is 10.1 Å². The number of benzene rings is 1. The molecule has 4 nitrogen and oxygen atoms in total. The number of para-hydroxylation sites is 1. The Balaban J connectivity index is 0.000000344. The minimum absolute atomic E-state index is 0.203. The minimum Gasteiger partial charge on any atom is -0.746 e. The summed E-state index contributed by atoms with van der Waals surface area (Å²) in [7, 11) is 1.80. The third-order valence-corrected chi connectivity index (χ3v) is 3.22. The fourth-order valence-corrected chi connectivity index (χ4v) is 1.77. The first-order valence-corrected chi connectivity index (χ1v) is 7.52. The van der Waals surface area contributed by atoms with Gasteiger partial charge in [-0.1, -0.05) is 31.5 Å². The molecule has 0 saturated carbocycles. The lowest BCUT2D eigenvalue weighted by Crippen LogP contribution is -2.34. The topological polar surface area (TPSA) is 57.2 Å². The van der Waals surface area contributed by atoms with Crippen molar-refractivity contribution in [2.45, 2.75) is 25.3 Å². The summed E-state index contributed by atoms with van der Waals surface area (Å²) in [5.41, 5.74) is -0.884. The predicted molar refractivity (Wildman–Crippen MR) is 75.5 cm³/mol. The first kappa shape index (κ1) is 18.0. The van der Waals surface area contributed by atoms with Crippen LogP contribution in [-0.2, 0) is 10.1 Å². The molecule has 1 unspecified atom stereocenters. The quantitative estimate of drug-likeness (QED) is 0.632. The van der Waals surface area contributed by atoms with Crippen LogP contribution < -0.4 is 4.48 Å². The molecule has 0 aliphatic rings. The second kappa shape index (κ2) is 7.57. The fraction of sp³-hybridized carbons (Fsp3) is 0.538. The van der Waals surface area contributed by atoms with Gasteiger partial charge in [0.2, 0.25) is 0 Å². The maximum atomic E-state index is 12.0. The zero-order chi connectivity index (χ0) is 15.1. The summed E-state index contributed by atoms with van der Waals surface area (Å²) in [5.74, 6) is 0. The van der Waals surface area contributed by atoms with Crippen molar-refractivity contribution in [3.63, 3.8) is 0 Å². The van der Waals surface area contributed by atoms with E-state index in [-0.39, 0.29) is 6.42 Å². The summed E-state index contributed by atoms with van der Waals surface area (Å²) in [5, 5.41) is 0. The minimum atomic E-state index is -4.68. The van der Waals surface area contributed by atoms with E-state index < -0.39 is 15.6 Å². The van der Waals surface area contributed by atoms with Gasteiger partial charge in [0.15, 0.2) is 5.50 Å². The van der Waals surface area contributed by atoms with E-state index in [1.54, 1.807) is 6.92 Å². The van der Waals surface area contributed by atoms with Crippen LogP contribution >= 0.6 is 0 Å². The van der Waals surface area contributed by atoms with E-state index >= 15 is 0 Å². The largest absolute Gasteiger partial charge is 0.746 e. The number of halogens is 1. The molecule has 1 atom stereocenters. The van der Waals surface area contributed by atoms with Crippen LogP contribution in [0.1, 0.15) is 19.8 Å². The lowest BCUT2D eigenvalue weighted by atomic mass is 10.3. The van der Waals surface area contributed by atoms with E-state index in [1.807, 2.05) is 6.07 Å². The van der Waals surface area contributed by atoms with Crippen molar-refractivity contribution in [3.05, 3.63) is 30.3 Å². The molecule has 0 aromatic heterocycles. The molecular weight excluding hydrogens is 269 g/mol. The highest BCUT2D eigenvalue weighted by Gasteiger charge is 2.11. The molecule has 0 fully saturated rings. The molecule has 0 amide bonds. The van der Waals surface area contributed by atoms with Gasteiger partial charge in [-0.3, -0.25) is 4.48 Å². The summed E-state index contributed by atoms with van der Waals surface area (Å²) in [6.07, 6.45) is 0.161. The van der Waals surface area contributed by atoms with E-state index in [4.69, 9.17) is 0 Å². The van der Waals surface area contributed by atoms with Gasteiger partial charge in [0, 0.05) is 0 Å². The Labute approximate surface area is 115 Å². The van der Waals surface area contributed by atoms with E-state index in [1.165, 1.54) is 5.69 Å². The molecule has 0 N–H and O–H groups in total. The third-order valence-electron chi connectivity index (χ3n) is 2.36. The van der Waals surface area contributed by atoms with Crippen molar-refractivity contribution >= 4 is 15.8 Å². The number of nitrogens with zero attached hydrogens (tertiary/aromatic N) is 1. The second-order valence-corrected chi connectivity index (χ2v) is 6.54. The number of quaternary nitrogens is 1. The number of hydrogen-bond acceptors (Lipinski definition) is 3. The van der Waals surface area contributed by atoms with Gasteiger partial charge in [0.05, 0.1) is 21.1 Å². The molecule has 0 aliphatic carbocycles. The smallest absolute Gasteiger partial charge is 0.189 e. The van der Waals surface area contributed by atoms with Crippen LogP contribution in [0.2, 0.25) is 0 Å². The molecule has 1 aromatic carbocycles. The molecule has 6 heteroatoms. The van der Waals surface area contributed by atoms with Crippen LogP contribution in [0.3, 0.4) is 0 Å². The van der Waals surface area contributed by atoms with Gasteiger partial charge in [-0.25, -0.2) is 12.8 Å². The van der Waals surface area contributed by atoms with Gasteiger partial charge in [-0.2, -0.15) is 0 Å². The SMILES string of the molecule is CCCC(F)S(=O)(=O)[O-].C[N+](C)(C)c1ccccc1. The summed E-state index contributed by atoms with van der Waals surface area (Å²) >= 11 is 0. The monoisotopic (exact) mass is 291 g/mol. The number of rotatable bonds is 4. The molecule has 1 aromatic rings. The Bertz CT molecular complexity index is 455. The fourth-order valence-electron chi connectivity index (χ4n) is 1.25. The molecule has 0 heterocycles. The van der Waals surface area contributed by atoms with Crippen LogP contribution in [0, 0.1) is 0 Å². The summed E-state index contributed by atoms with van der Waals surface area (Å²) in [6.45, 7) is 1.61. The molecule has 0 saturated heterocycles. The van der Waals surface area contributed by atoms with E-state index in [0.29, 0.717) is 6.42 Å². The Morgan fingerprint density at radius 3 is 1.89 bits per heavy atom. The van der Waals surface area contributed by atoms with Crippen molar-refractivity contribution in [2.24, 2.45) is 0 Å². The van der Waals surface area contributed by atoms with Crippen molar-refractivity contribution in [1.29, 1.82) is 0 Å². The first-order chi connectivity index (χ1) is 8.59. The lowest BCUT2D eigenvalue weighted by molar-refractivity contribution is 0.349. The highest BCUT2D eigenvalue weighted by molar-refractivity contribution is 7.86. The van der Waals surface area contributed by atoms with Crippen LogP contribution in [-0.4, -0.2) is 39.6 Å². The highest BCUT2D eigenvalue weighted by Crippen LogP contribution is 2.14. The molecule has 0 radical (unpaired) electrons. The van der Waals surface area contributed by atoms with Crippen molar-refractivity contribution in [2.75, 3.05) is 21.1 Å². The van der Waals surface area contributed by atoms with Gasteiger partial charge in [-0.15, -0.1) is 0 Å². The average molecular weight is 291 g/mol. The Hall–Kier alpha value is -0.980. The maximum Gasteiger partial charge on any atom is 0.189 e. The van der Waals surface area contributed by atoms with Crippen LogP contribution in [0.5, 0.6) is 0 Å². The summed E-state index contributed by atoms with van der Waals surface area (Å²) in [4.78, 5) is 0. The lowest BCUT2D eigenvalue weighted by Gasteiger charge is -2.22. The van der Waals surface area contributed by atoms with Gasteiger partial charge in [0.1, 0.15) is 15.8 Å². The molecule has 0 aliphatic heterocycles. The first-order valence-electron chi connectivity index (χ1n) is 6.05. The third kappa shape index (κ3) is 7.92. The summed E-state index contributed by atoms with van der Waals surface area (Å²) < 4.78 is 42.3. The van der Waals surface area contributed by atoms with Gasteiger partial charge in [0.25, 0.3) is 0 Å². The number of alkyl halides is 1. The van der Waals surface area contributed by atoms with E-state index in [2.05, 4.69) is 45.4 Å². The van der Waals surface area contributed by atoms with Crippen molar-refractivity contribution in [3.8, 4) is 0 Å². The zero-order valence-corrected chi connectivity index (χ0v) is 12.7. The van der Waals surface area contributed by atoms with Gasteiger partial charge in [-0.05, 0) is 18.6 Å². The summed E-state index contributed by atoms with van der Waals surface area (Å²) in [6, 6.07) is 10.5. The molecule has 19 heavy (non-hydrogen) atoms.